The number of nitrogens with two attached hydrogens (primary N) is 1. The second kappa shape index (κ2) is 5.93. The minimum Gasteiger partial charge on any atom is -0.328 e. The summed E-state index contributed by atoms with van der Waals surface area (Å²) in [6, 6.07) is 6.57. The van der Waals surface area contributed by atoms with Crippen LogP contribution in [0.15, 0.2) is 46.7 Å². The van der Waals surface area contributed by atoms with Crippen molar-refractivity contribution in [2.45, 2.75) is 29.3 Å². The summed E-state index contributed by atoms with van der Waals surface area (Å²) in [5, 5.41) is 0.836. The predicted octanol–water partition coefficient (Wildman–Crippen LogP) is 2.66. The van der Waals surface area contributed by atoms with Crippen LogP contribution in [0.25, 0.3) is 0 Å². The molecule has 1 heterocycles. The van der Waals surface area contributed by atoms with Gasteiger partial charge >= 0.3 is 0 Å². The largest absolute Gasteiger partial charge is 0.328 e. The maximum Gasteiger partial charge on any atom is 0.123 e. The highest BCUT2D eigenvalue weighted by atomic mass is 32.2. The van der Waals surface area contributed by atoms with E-state index in [1.54, 1.807) is 12.3 Å². The summed E-state index contributed by atoms with van der Waals surface area (Å²) in [7, 11) is 0. The summed E-state index contributed by atoms with van der Waals surface area (Å²) in [4.78, 5) is 8.99. The van der Waals surface area contributed by atoms with Gasteiger partial charge in [-0.15, -0.1) is 0 Å². The molecule has 0 spiro atoms. The van der Waals surface area contributed by atoms with Crippen LogP contribution in [0.4, 0.5) is 4.39 Å². The van der Waals surface area contributed by atoms with E-state index in [0.717, 1.165) is 15.5 Å². The van der Waals surface area contributed by atoms with Gasteiger partial charge in [-0.05, 0) is 43.2 Å². The molecule has 1 aromatic heterocycles. The Kier molecular flexibility index (Phi) is 4.28. The fraction of sp³-hybridized carbons (Fsp3) is 0.231. The Labute approximate surface area is 110 Å². The SMILES string of the molecule is CC(N)Cc1cc(F)ccc1Sc1ccncn1. The number of aromatic nitrogens is 2. The fourth-order valence-electron chi connectivity index (χ4n) is 1.61. The van der Waals surface area contributed by atoms with Gasteiger partial charge in [-0.3, -0.25) is 0 Å². The predicted molar refractivity (Wildman–Crippen MR) is 69.9 cm³/mol. The van der Waals surface area contributed by atoms with E-state index in [1.807, 2.05) is 13.0 Å². The van der Waals surface area contributed by atoms with E-state index in [1.165, 1.54) is 30.2 Å². The van der Waals surface area contributed by atoms with Crippen LogP contribution in [0.3, 0.4) is 0 Å². The average Bonchev–Trinajstić information content (AvgIpc) is 2.33. The highest BCUT2D eigenvalue weighted by Crippen LogP contribution is 2.29. The van der Waals surface area contributed by atoms with Crippen molar-refractivity contribution >= 4 is 11.8 Å². The third kappa shape index (κ3) is 3.51. The van der Waals surface area contributed by atoms with Crippen molar-refractivity contribution in [3.63, 3.8) is 0 Å². The van der Waals surface area contributed by atoms with Gasteiger partial charge in [0.15, 0.2) is 0 Å². The van der Waals surface area contributed by atoms with Gasteiger partial charge in [-0.25, -0.2) is 14.4 Å². The van der Waals surface area contributed by atoms with Crippen LogP contribution in [0.2, 0.25) is 0 Å². The van der Waals surface area contributed by atoms with Crippen LogP contribution in [-0.2, 0) is 6.42 Å². The van der Waals surface area contributed by atoms with Crippen molar-refractivity contribution in [1.82, 2.24) is 9.97 Å². The van der Waals surface area contributed by atoms with Crippen LogP contribution >= 0.6 is 11.8 Å². The molecule has 1 atom stereocenters. The van der Waals surface area contributed by atoms with Gasteiger partial charge in [-0.2, -0.15) is 0 Å². The van der Waals surface area contributed by atoms with Crippen molar-refractivity contribution in [3.05, 3.63) is 48.2 Å². The summed E-state index contributed by atoms with van der Waals surface area (Å²) >= 11 is 1.49. The monoisotopic (exact) mass is 263 g/mol. The van der Waals surface area contributed by atoms with Crippen LogP contribution in [0.5, 0.6) is 0 Å². The molecule has 0 aliphatic rings. The number of hydrogen-bond acceptors (Lipinski definition) is 4. The van der Waals surface area contributed by atoms with E-state index in [4.69, 9.17) is 5.73 Å². The van der Waals surface area contributed by atoms with Gasteiger partial charge in [0, 0.05) is 17.1 Å². The number of nitrogens with zero attached hydrogens (tertiary/aromatic N) is 2. The highest BCUT2D eigenvalue weighted by molar-refractivity contribution is 7.99. The quantitative estimate of drug-likeness (QED) is 0.862. The molecule has 0 radical (unpaired) electrons. The third-order valence-corrected chi connectivity index (χ3v) is 3.40. The molecule has 18 heavy (non-hydrogen) atoms. The van der Waals surface area contributed by atoms with Crippen LogP contribution in [0.1, 0.15) is 12.5 Å². The van der Waals surface area contributed by atoms with Gasteiger partial charge in [0.2, 0.25) is 0 Å². The summed E-state index contributed by atoms with van der Waals surface area (Å²) in [5.41, 5.74) is 6.69. The van der Waals surface area contributed by atoms with E-state index in [-0.39, 0.29) is 11.9 Å². The molecule has 0 saturated heterocycles. The number of hydrogen-bond donors (Lipinski definition) is 1. The molecule has 2 aromatic rings. The lowest BCUT2D eigenvalue weighted by Crippen LogP contribution is -2.18. The molecule has 0 aliphatic heterocycles. The van der Waals surface area contributed by atoms with Crippen molar-refractivity contribution in [1.29, 1.82) is 0 Å². The Bertz CT molecular complexity index is 517. The topological polar surface area (TPSA) is 51.8 Å². The standard InChI is InChI=1S/C13H14FN3S/c1-9(15)6-10-7-11(14)2-3-12(10)18-13-4-5-16-8-17-13/h2-5,7-9H,6,15H2,1H3. The van der Waals surface area contributed by atoms with Crippen LogP contribution < -0.4 is 5.73 Å². The molecule has 94 valence electrons. The average molecular weight is 263 g/mol. The third-order valence-electron chi connectivity index (χ3n) is 2.33. The molecule has 0 amide bonds. The van der Waals surface area contributed by atoms with E-state index in [0.29, 0.717) is 6.42 Å². The van der Waals surface area contributed by atoms with Crippen LogP contribution in [0, 0.1) is 5.82 Å². The Morgan fingerprint density at radius 2 is 2.22 bits per heavy atom. The molecule has 2 N–H and O–H groups in total. The smallest absolute Gasteiger partial charge is 0.123 e. The van der Waals surface area contributed by atoms with Crippen molar-refractivity contribution in [3.8, 4) is 0 Å². The van der Waals surface area contributed by atoms with Crippen molar-refractivity contribution < 1.29 is 4.39 Å². The minimum absolute atomic E-state index is 0.00320. The van der Waals surface area contributed by atoms with E-state index < -0.39 is 0 Å². The number of halogens is 1. The number of benzene rings is 1. The normalized spacial score (nSPS) is 12.4. The van der Waals surface area contributed by atoms with E-state index in [9.17, 15) is 4.39 Å². The highest BCUT2D eigenvalue weighted by Gasteiger charge is 2.08. The first-order valence-electron chi connectivity index (χ1n) is 5.63. The van der Waals surface area contributed by atoms with Gasteiger partial charge in [0.05, 0.1) is 0 Å². The van der Waals surface area contributed by atoms with Crippen LogP contribution in [-0.4, -0.2) is 16.0 Å². The van der Waals surface area contributed by atoms with Crippen molar-refractivity contribution in [2.75, 3.05) is 0 Å². The molecule has 0 aliphatic carbocycles. The summed E-state index contributed by atoms with van der Waals surface area (Å²) in [6.07, 6.45) is 3.83. The molecular weight excluding hydrogens is 249 g/mol. The second-order valence-electron chi connectivity index (χ2n) is 4.08. The molecule has 0 bridgehead atoms. The van der Waals surface area contributed by atoms with Gasteiger partial charge in [-0.1, -0.05) is 11.8 Å². The van der Waals surface area contributed by atoms with Gasteiger partial charge in [0.25, 0.3) is 0 Å². The zero-order valence-corrected chi connectivity index (χ0v) is 10.8. The Morgan fingerprint density at radius 1 is 1.39 bits per heavy atom. The van der Waals surface area contributed by atoms with Crippen molar-refractivity contribution in [2.24, 2.45) is 5.73 Å². The molecule has 1 unspecified atom stereocenters. The molecule has 1 aromatic carbocycles. The molecule has 0 fully saturated rings. The molecule has 0 saturated carbocycles. The zero-order valence-electron chi connectivity index (χ0n) is 10.0. The van der Waals surface area contributed by atoms with E-state index >= 15 is 0 Å². The lowest BCUT2D eigenvalue weighted by molar-refractivity contribution is 0.620. The summed E-state index contributed by atoms with van der Waals surface area (Å²) < 4.78 is 13.3. The Balaban J connectivity index is 2.26. The molecule has 3 nitrogen and oxygen atoms in total. The fourth-order valence-corrected chi connectivity index (χ4v) is 2.47. The second-order valence-corrected chi connectivity index (χ2v) is 5.15. The summed E-state index contributed by atoms with van der Waals surface area (Å²) in [5.74, 6) is -0.238. The molecule has 2 rings (SSSR count). The maximum absolute atomic E-state index is 13.3. The summed E-state index contributed by atoms with van der Waals surface area (Å²) in [6.45, 7) is 1.91. The first kappa shape index (κ1) is 13.0. The minimum atomic E-state index is -0.238. The lowest BCUT2D eigenvalue weighted by atomic mass is 10.1. The number of rotatable bonds is 4. The Hall–Kier alpha value is -1.46. The van der Waals surface area contributed by atoms with E-state index in [2.05, 4.69) is 9.97 Å². The first-order chi connectivity index (χ1) is 8.65. The maximum atomic E-state index is 13.3. The zero-order chi connectivity index (χ0) is 13.0. The molecule has 5 heteroatoms. The first-order valence-corrected chi connectivity index (χ1v) is 6.44. The van der Waals surface area contributed by atoms with Gasteiger partial charge in [0.1, 0.15) is 17.2 Å². The molecular formula is C13H14FN3S. The Morgan fingerprint density at radius 3 is 2.89 bits per heavy atom. The van der Waals surface area contributed by atoms with Gasteiger partial charge < -0.3 is 5.73 Å². The lowest BCUT2D eigenvalue weighted by Gasteiger charge is -2.11.